The van der Waals surface area contributed by atoms with Gasteiger partial charge in [0.05, 0.1) is 12.2 Å². The molecule has 1 N–H and O–H groups in total. The largest absolute Gasteiger partial charge is 0.331 e. The van der Waals surface area contributed by atoms with Crippen molar-refractivity contribution in [3.8, 4) is 11.3 Å². The van der Waals surface area contributed by atoms with Crippen molar-refractivity contribution in [3.05, 3.63) is 105 Å². The number of anilines is 1. The van der Waals surface area contributed by atoms with Crippen LogP contribution < -0.4 is 16.6 Å². The fourth-order valence-electron chi connectivity index (χ4n) is 3.46. The molecule has 0 unspecified atom stereocenters. The van der Waals surface area contributed by atoms with Gasteiger partial charge in [-0.2, -0.15) is 5.10 Å². The molecule has 0 atom stereocenters. The predicted molar refractivity (Wildman–Crippen MR) is 123 cm³/mol. The molecule has 162 valence electrons. The summed E-state index contributed by atoms with van der Waals surface area (Å²) in [7, 11) is 1.38. The van der Waals surface area contributed by atoms with Gasteiger partial charge in [-0.1, -0.05) is 54.6 Å². The highest BCUT2D eigenvalue weighted by atomic mass is 16.2. The van der Waals surface area contributed by atoms with Crippen molar-refractivity contribution in [3.63, 3.8) is 0 Å². The van der Waals surface area contributed by atoms with E-state index in [9.17, 15) is 14.4 Å². The Labute approximate surface area is 184 Å². The summed E-state index contributed by atoms with van der Waals surface area (Å²) >= 11 is 0. The second-order valence-electron chi connectivity index (χ2n) is 7.54. The van der Waals surface area contributed by atoms with Crippen LogP contribution in [0.15, 0.2) is 82.5 Å². The van der Waals surface area contributed by atoms with Crippen LogP contribution in [-0.4, -0.2) is 24.8 Å². The van der Waals surface area contributed by atoms with Gasteiger partial charge in [0.25, 0.3) is 5.56 Å². The van der Waals surface area contributed by atoms with Crippen molar-refractivity contribution in [2.45, 2.75) is 20.0 Å². The molecule has 0 aliphatic rings. The summed E-state index contributed by atoms with van der Waals surface area (Å²) in [4.78, 5) is 36.6. The lowest BCUT2D eigenvalue weighted by atomic mass is 10.1. The number of benzene rings is 2. The SMILES string of the molecule is Cc1ccccc1-c1cc(NC(=O)Cn2ccc(=O)n(C)c2=O)n(Cc2ccccc2)n1. The molecule has 1 amide bonds. The van der Waals surface area contributed by atoms with Gasteiger partial charge in [-0.15, -0.1) is 0 Å². The Hall–Kier alpha value is -4.20. The molecule has 8 nitrogen and oxygen atoms in total. The molecule has 2 aromatic heterocycles. The van der Waals surface area contributed by atoms with E-state index in [1.807, 2.05) is 67.6 Å². The molecule has 0 fully saturated rings. The molecule has 2 aromatic carbocycles. The first-order chi connectivity index (χ1) is 15.4. The van der Waals surface area contributed by atoms with Gasteiger partial charge >= 0.3 is 5.69 Å². The number of carbonyl (C=O) groups is 1. The van der Waals surface area contributed by atoms with E-state index in [1.165, 1.54) is 23.9 Å². The van der Waals surface area contributed by atoms with Crippen molar-refractivity contribution >= 4 is 11.7 Å². The third kappa shape index (κ3) is 4.44. The Balaban J connectivity index is 1.65. The summed E-state index contributed by atoms with van der Waals surface area (Å²) in [5.74, 6) is 0.131. The summed E-state index contributed by atoms with van der Waals surface area (Å²) in [5, 5.41) is 7.59. The Morgan fingerprint density at radius 3 is 2.47 bits per heavy atom. The third-order valence-corrected chi connectivity index (χ3v) is 5.22. The zero-order valence-electron chi connectivity index (χ0n) is 17.9. The third-order valence-electron chi connectivity index (χ3n) is 5.22. The second kappa shape index (κ2) is 8.89. The minimum Gasteiger partial charge on any atom is -0.309 e. The fourth-order valence-corrected chi connectivity index (χ4v) is 3.46. The van der Waals surface area contributed by atoms with E-state index in [4.69, 9.17) is 5.10 Å². The second-order valence-corrected chi connectivity index (χ2v) is 7.54. The number of aromatic nitrogens is 4. The van der Waals surface area contributed by atoms with Crippen LogP contribution in [0.1, 0.15) is 11.1 Å². The molecule has 0 aliphatic heterocycles. The van der Waals surface area contributed by atoms with Gasteiger partial charge in [-0.05, 0) is 18.1 Å². The van der Waals surface area contributed by atoms with E-state index in [2.05, 4.69) is 5.32 Å². The Morgan fingerprint density at radius 2 is 1.72 bits per heavy atom. The highest BCUT2D eigenvalue weighted by molar-refractivity contribution is 5.90. The molecule has 2 heterocycles. The van der Waals surface area contributed by atoms with Crippen molar-refractivity contribution < 1.29 is 4.79 Å². The van der Waals surface area contributed by atoms with Gasteiger partial charge in [0.2, 0.25) is 5.91 Å². The maximum atomic E-state index is 12.7. The summed E-state index contributed by atoms with van der Waals surface area (Å²) < 4.78 is 3.89. The standard InChI is InChI=1S/C24H23N5O3/c1-17-8-6-7-11-19(17)20-14-21(29(26-20)15-18-9-4-3-5-10-18)25-22(30)16-28-13-12-23(31)27(2)24(28)32/h3-14H,15-16H2,1-2H3,(H,25,30). The first kappa shape index (κ1) is 21.0. The van der Waals surface area contributed by atoms with Gasteiger partial charge in [0.15, 0.2) is 0 Å². The minimum absolute atomic E-state index is 0.219. The highest BCUT2D eigenvalue weighted by Crippen LogP contribution is 2.25. The molecule has 0 radical (unpaired) electrons. The van der Waals surface area contributed by atoms with E-state index < -0.39 is 17.2 Å². The predicted octanol–water partition coefficient (Wildman–Crippen LogP) is 2.41. The topological polar surface area (TPSA) is 90.9 Å². The maximum Gasteiger partial charge on any atom is 0.331 e. The Morgan fingerprint density at radius 1 is 1.00 bits per heavy atom. The number of hydrogen-bond acceptors (Lipinski definition) is 4. The van der Waals surface area contributed by atoms with Crippen LogP contribution in [0.25, 0.3) is 11.3 Å². The van der Waals surface area contributed by atoms with Gasteiger partial charge < -0.3 is 5.32 Å². The number of aryl methyl sites for hydroxylation is 1. The average Bonchev–Trinajstić information content (AvgIpc) is 3.17. The lowest BCUT2D eigenvalue weighted by molar-refractivity contribution is -0.116. The quantitative estimate of drug-likeness (QED) is 0.510. The summed E-state index contributed by atoms with van der Waals surface area (Å²) in [6.07, 6.45) is 1.32. The Bertz CT molecular complexity index is 1380. The molecule has 4 aromatic rings. The smallest absolute Gasteiger partial charge is 0.309 e. The summed E-state index contributed by atoms with van der Waals surface area (Å²) in [6, 6.07) is 20.8. The van der Waals surface area contributed by atoms with Crippen LogP contribution in [-0.2, 0) is 24.9 Å². The Kier molecular flexibility index (Phi) is 5.85. The summed E-state index contributed by atoms with van der Waals surface area (Å²) in [6.45, 7) is 2.27. The lowest BCUT2D eigenvalue weighted by Gasteiger charge is -2.10. The molecule has 8 heteroatoms. The van der Waals surface area contributed by atoms with Crippen LogP contribution in [0, 0.1) is 6.92 Å². The number of nitrogens with zero attached hydrogens (tertiary/aromatic N) is 4. The minimum atomic E-state index is -0.550. The van der Waals surface area contributed by atoms with Gasteiger partial charge in [0.1, 0.15) is 12.4 Å². The van der Waals surface area contributed by atoms with Gasteiger partial charge in [-0.25, -0.2) is 9.48 Å². The maximum absolute atomic E-state index is 12.7. The molecular weight excluding hydrogens is 406 g/mol. The van der Waals surface area contributed by atoms with Crippen LogP contribution in [0.5, 0.6) is 0 Å². The van der Waals surface area contributed by atoms with Crippen LogP contribution in [0.2, 0.25) is 0 Å². The number of amides is 1. The summed E-state index contributed by atoms with van der Waals surface area (Å²) in [5.41, 5.74) is 2.86. The zero-order valence-corrected chi connectivity index (χ0v) is 17.9. The number of carbonyl (C=O) groups excluding carboxylic acids is 1. The lowest BCUT2D eigenvalue weighted by Crippen LogP contribution is -2.39. The van der Waals surface area contributed by atoms with Crippen LogP contribution >= 0.6 is 0 Å². The van der Waals surface area contributed by atoms with E-state index in [1.54, 1.807) is 4.68 Å². The molecule has 0 aliphatic carbocycles. The van der Waals surface area contributed by atoms with E-state index >= 15 is 0 Å². The molecule has 0 saturated carbocycles. The number of nitrogens with one attached hydrogen (secondary N) is 1. The van der Waals surface area contributed by atoms with Crippen molar-refractivity contribution in [1.82, 2.24) is 18.9 Å². The first-order valence-corrected chi connectivity index (χ1v) is 10.2. The zero-order chi connectivity index (χ0) is 22.7. The van der Waals surface area contributed by atoms with E-state index in [0.29, 0.717) is 12.4 Å². The first-order valence-electron chi connectivity index (χ1n) is 10.2. The average molecular weight is 429 g/mol. The van der Waals surface area contributed by atoms with E-state index in [-0.39, 0.29) is 6.54 Å². The molecule has 0 spiro atoms. The van der Waals surface area contributed by atoms with Gasteiger partial charge in [-0.3, -0.25) is 18.7 Å². The van der Waals surface area contributed by atoms with E-state index in [0.717, 1.165) is 27.0 Å². The van der Waals surface area contributed by atoms with Gasteiger partial charge in [0, 0.05) is 30.9 Å². The van der Waals surface area contributed by atoms with Crippen molar-refractivity contribution in [2.75, 3.05) is 5.32 Å². The molecule has 32 heavy (non-hydrogen) atoms. The monoisotopic (exact) mass is 429 g/mol. The molecule has 0 saturated heterocycles. The fraction of sp³-hybridized carbons (Fsp3) is 0.167. The number of hydrogen-bond donors (Lipinski definition) is 1. The normalized spacial score (nSPS) is 10.8. The van der Waals surface area contributed by atoms with Crippen LogP contribution in [0.4, 0.5) is 5.82 Å². The molecule has 4 rings (SSSR count). The van der Waals surface area contributed by atoms with Crippen molar-refractivity contribution in [1.29, 1.82) is 0 Å². The van der Waals surface area contributed by atoms with Crippen molar-refractivity contribution in [2.24, 2.45) is 7.05 Å². The highest BCUT2D eigenvalue weighted by Gasteiger charge is 2.15. The molecular formula is C24H23N5O3. The van der Waals surface area contributed by atoms with Crippen LogP contribution in [0.3, 0.4) is 0 Å². The molecule has 0 bridgehead atoms. The number of rotatable bonds is 6.